The number of aliphatic hydroxyl groups excluding tert-OH is 1. The Balaban J connectivity index is 3.70. The van der Waals surface area contributed by atoms with Crippen LogP contribution in [0, 0.1) is 0 Å². The molecule has 0 aromatic heterocycles. The summed E-state index contributed by atoms with van der Waals surface area (Å²) in [6.07, 6.45) is 3.10. The number of nitrogens with zero attached hydrogens (tertiary/aromatic N) is 1. The molecule has 1 N–H and O–H groups in total. The summed E-state index contributed by atoms with van der Waals surface area (Å²) in [6, 6.07) is 0.494. The number of carbonyl (C=O) groups is 1. The van der Waals surface area contributed by atoms with Gasteiger partial charge in [-0.05, 0) is 33.2 Å². The molecule has 3 nitrogen and oxygen atoms in total. The van der Waals surface area contributed by atoms with Crippen LogP contribution < -0.4 is 0 Å². The highest BCUT2D eigenvalue weighted by Gasteiger charge is 2.09. The first-order chi connectivity index (χ1) is 7.11. The number of carbonyl (C=O) groups excluding carboxylic acids is 1. The maximum absolute atomic E-state index is 11.1. The predicted octanol–water partition coefficient (Wildman–Crippen LogP) is 1.84. The lowest BCUT2D eigenvalue weighted by Gasteiger charge is -2.25. The molecule has 0 radical (unpaired) electrons. The molecule has 0 rings (SSSR count). The zero-order valence-corrected chi connectivity index (χ0v) is 10.3. The highest BCUT2D eigenvalue weighted by atomic mass is 16.3. The molecule has 0 saturated carbocycles. The topological polar surface area (TPSA) is 40.5 Å². The van der Waals surface area contributed by atoms with Gasteiger partial charge in [0, 0.05) is 32.0 Å². The Kier molecular flexibility index (Phi) is 8.62. The third-order valence-electron chi connectivity index (χ3n) is 2.63. The van der Waals surface area contributed by atoms with Crippen LogP contribution in [0.5, 0.6) is 0 Å². The fraction of sp³-hybridized carbons (Fsp3) is 0.917. The maximum Gasteiger partial charge on any atom is 0.132 e. The van der Waals surface area contributed by atoms with Crippen LogP contribution in [0.15, 0.2) is 0 Å². The fourth-order valence-corrected chi connectivity index (χ4v) is 1.56. The predicted molar refractivity (Wildman–Crippen MR) is 62.9 cm³/mol. The summed E-state index contributed by atoms with van der Waals surface area (Å²) < 4.78 is 0. The van der Waals surface area contributed by atoms with Gasteiger partial charge in [-0.25, -0.2) is 0 Å². The van der Waals surface area contributed by atoms with Crippen molar-refractivity contribution in [2.75, 3.05) is 19.7 Å². The normalized spacial score (nSPS) is 11.3. The second kappa shape index (κ2) is 8.86. The summed E-state index contributed by atoms with van der Waals surface area (Å²) in [6.45, 7) is 8.35. The van der Waals surface area contributed by atoms with Gasteiger partial charge in [-0.1, -0.05) is 6.92 Å². The molecule has 0 aliphatic carbocycles. The second-order valence-corrected chi connectivity index (χ2v) is 4.20. The van der Waals surface area contributed by atoms with E-state index in [4.69, 9.17) is 5.11 Å². The first-order valence-corrected chi connectivity index (χ1v) is 5.98. The van der Waals surface area contributed by atoms with Gasteiger partial charge < -0.3 is 10.0 Å². The van der Waals surface area contributed by atoms with E-state index in [-0.39, 0.29) is 6.61 Å². The number of rotatable bonds is 9. The third kappa shape index (κ3) is 7.51. The zero-order chi connectivity index (χ0) is 11.7. The van der Waals surface area contributed by atoms with Crippen LogP contribution in [0.25, 0.3) is 0 Å². The van der Waals surface area contributed by atoms with E-state index in [0.717, 1.165) is 25.9 Å². The van der Waals surface area contributed by atoms with Crippen LogP contribution in [0.3, 0.4) is 0 Å². The number of ketones is 1. The van der Waals surface area contributed by atoms with E-state index in [1.807, 2.05) is 6.92 Å². The van der Waals surface area contributed by atoms with Gasteiger partial charge in [-0.15, -0.1) is 0 Å². The molecular weight excluding hydrogens is 190 g/mol. The van der Waals surface area contributed by atoms with Crippen molar-refractivity contribution in [2.24, 2.45) is 0 Å². The van der Waals surface area contributed by atoms with Gasteiger partial charge in [0.05, 0.1) is 0 Å². The summed E-state index contributed by atoms with van der Waals surface area (Å²) in [4.78, 5) is 13.4. The highest BCUT2D eigenvalue weighted by Crippen LogP contribution is 2.04. The standard InChI is InChI=1S/C12H25NO2/c1-4-12(15)7-5-8-13(11(2)3)9-6-10-14/h11,14H,4-10H2,1-3H3. The van der Waals surface area contributed by atoms with Crippen molar-refractivity contribution in [3.8, 4) is 0 Å². The van der Waals surface area contributed by atoms with E-state index in [1.165, 1.54) is 0 Å². The van der Waals surface area contributed by atoms with Crippen molar-refractivity contribution in [3.05, 3.63) is 0 Å². The van der Waals surface area contributed by atoms with E-state index in [9.17, 15) is 4.79 Å². The Labute approximate surface area is 93.5 Å². The number of Topliss-reactive ketones (excluding diaryl/α,β-unsaturated/α-hetero) is 1. The lowest BCUT2D eigenvalue weighted by molar-refractivity contribution is -0.118. The van der Waals surface area contributed by atoms with Crippen molar-refractivity contribution in [1.82, 2.24) is 4.90 Å². The molecule has 0 atom stereocenters. The lowest BCUT2D eigenvalue weighted by Crippen LogP contribution is -2.33. The van der Waals surface area contributed by atoms with E-state index in [1.54, 1.807) is 0 Å². The molecule has 0 amide bonds. The minimum absolute atomic E-state index is 0.247. The molecule has 0 spiro atoms. The first-order valence-electron chi connectivity index (χ1n) is 5.98. The molecular formula is C12H25NO2. The third-order valence-corrected chi connectivity index (χ3v) is 2.63. The van der Waals surface area contributed by atoms with E-state index in [0.29, 0.717) is 24.7 Å². The molecule has 0 aliphatic heterocycles. The monoisotopic (exact) mass is 215 g/mol. The Morgan fingerprint density at radius 2 is 1.87 bits per heavy atom. The van der Waals surface area contributed by atoms with E-state index >= 15 is 0 Å². The molecule has 0 saturated heterocycles. The summed E-state index contributed by atoms with van der Waals surface area (Å²) in [7, 11) is 0. The lowest BCUT2D eigenvalue weighted by atomic mass is 10.1. The van der Waals surface area contributed by atoms with Gasteiger partial charge >= 0.3 is 0 Å². The number of hydrogen-bond acceptors (Lipinski definition) is 3. The van der Waals surface area contributed by atoms with E-state index < -0.39 is 0 Å². The van der Waals surface area contributed by atoms with Crippen LogP contribution in [0.1, 0.15) is 46.5 Å². The highest BCUT2D eigenvalue weighted by molar-refractivity contribution is 5.77. The van der Waals surface area contributed by atoms with Gasteiger partial charge in [0.2, 0.25) is 0 Å². The Bertz CT molecular complexity index is 169. The molecule has 0 aromatic rings. The van der Waals surface area contributed by atoms with Crippen molar-refractivity contribution in [2.45, 2.75) is 52.5 Å². The maximum atomic E-state index is 11.1. The van der Waals surface area contributed by atoms with E-state index in [2.05, 4.69) is 18.7 Å². The smallest absolute Gasteiger partial charge is 0.132 e. The van der Waals surface area contributed by atoms with Gasteiger partial charge in [-0.2, -0.15) is 0 Å². The molecule has 0 aromatic carbocycles. The van der Waals surface area contributed by atoms with Gasteiger partial charge in [0.15, 0.2) is 0 Å². The number of hydrogen-bond donors (Lipinski definition) is 1. The Hall–Kier alpha value is -0.410. The quantitative estimate of drug-likeness (QED) is 0.638. The van der Waals surface area contributed by atoms with Crippen LogP contribution in [0.2, 0.25) is 0 Å². The van der Waals surface area contributed by atoms with Crippen molar-refractivity contribution < 1.29 is 9.90 Å². The van der Waals surface area contributed by atoms with Gasteiger partial charge in [0.25, 0.3) is 0 Å². The average Bonchev–Trinajstić information content (AvgIpc) is 2.22. The van der Waals surface area contributed by atoms with Crippen molar-refractivity contribution in [3.63, 3.8) is 0 Å². The molecule has 0 heterocycles. The zero-order valence-electron chi connectivity index (χ0n) is 10.3. The molecule has 0 aliphatic rings. The SMILES string of the molecule is CCC(=O)CCCN(CCCO)C(C)C. The molecule has 0 unspecified atom stereocenters. The van der Waals surface area contributed by atoms with Crippen LogP contribution in [-0.2, 0) is 4.79 Å². The minimum atomic E-state index is 0.247. The van der Waals surface area contributed by atoms with Crippen LogP contribution in [-0.4, -0.2) is 41.5 Å². The van der Waals surface area contributed by atoms with Crippen molar-refractivity contribution >= 4 is 5.78 Å². The minimum Gasteiger partial charge on any atom is -0.396 e. The summed E-state index contributed by atoms with van der Waals surface area (Å²) in [5.41, 5.74) is 0. The van der Waals surface area contributed by atoms with Gasteiger partial charge in [-0.3, -0.25) is 4.79 Å². The van der Waals surface area contributed by atoms with Gasteiger partial charge in [0.1, 0.15) is 5.78 Å². The first kappa shape index (κ1) is 14.6. The number of aliphatic hydroxyl groups is 1. The molecule has 0 bridgehead atoms. The van der Waals surface area contributed by atoms with Crippen molar-refractivity contribution in [1.29, 1.82) is 0 Å². The summed E-state index contributed by atoms with van der Waals surface area (Å²) in [5.74, 6) is 0.348. The molecule has 90 valence electrons. The largest absolute Gasteiger partial charge is 0.396 e. The molecule has 15 heavy (non-hydrogen) atoms. The van der Waals surface area contributed by atoms with Crippen LogP contribution in [0.4, 0.5) is 0 Å². The average molecular weight is 215 g/mol. The molecule has 3 heteroatoms. The Morgan fingerprint density at radius 3 is 2.33 bits per heavy atom. The summed E-state index contributed by atoms with van der Waals surface area (Å²) in [5, 5.41) is 8.77. The second-order valence-electron chi connectivity index (χ2n) is 4.20. The summed E-state index contributed by atoms with van der Waals surface area (Å²) >= 11 is 0. The van der Waals surface area contributed by atoms with Crippen LogP contribution >= 0.6 is 0 Å². The fourth-order valence-electron chi connectivity index (χ4n) is 1.56. The molecule has 0 fully saturated rings. The Morgan fingerprint density at radius 1 is 1.27 bits per heavy atom.